The standard InChI is InChI=1S/C18H28N2O/c1-13(2)20-14(3)19-11-17-10-15(12-21-4)8-9-18(17)16-6-5-7-16/h8-10,13,16,19-20H,3,5-7,11-12H2,1-2,4H3. The Kier molecular flexibility index (Phi) is 5.68. The fourth-order valence-corrected chi connectivity index (χ4v) is 2.79. The van der Waals surface area contributed by atoms with E-state index in [1.807, 2.05) is 0 Å². The SMILES string of the molecule is C=C(NCc1cc(COC)ccc1C1CCC1)NC(C)C. The highest BCUT2D eigenvalue weighted by molar-refractivity contribution is 5.35. The van der Waals surface area contributed by atoms with Gasteiger partial charge in [0.15, 0.2) is 0 Å². The number of nitrogens with one attached hydrogen (secondary N) is 2. The summed E-state index contributed by atoms with van der Waals surface area (Å²) < 4.78 is 5.25. The van der Waals surface area contributed by atoms with E-state index in [-0.39, 0.29) is 0 Å². The highest BCUT2D eigenvalue weighted by Gasteiger charge is 2.22. The van der Waals surface area contributed by atoms with Crippen molar-refractivity contribution in [1.82, 2.24) is 10.6 Å². The van der Waals surface area contributed by atoms with Crippen LogP contribution < -0.4 is 10.6 Å². The first kappa shape index (κ1) is 15.9. The minimum atomic E-state index is 0.399. The molecule has 1 fully saturated rings. The van der Waals surface area contributed by atoms with Gasteiger partial charge in [0.1, 0.15) is 0 Å². The van der Waals surface area contributed by atoms with Crippen LogP contribution in [0.25, 0.3) is 0 Å². The first-order chi connectivity index (χ1) is 10.1. The Morgan fingerprint density at radius 1 is 1.38 bits per heavy atom. The van der Waals surface area contributed by atoms with Crippen molar-refractivity contribution < 1.29 is 4.74 Å². The number of ether oxygens (including phenoxy) is 1. The summed E-state index contributed by atoms with van der Waals surface area (Å²) in [5.74, 6) is 1.63. The minimum absolute atomic E-state index is 0.399. The highest BCUT2D eigenvalue weighted by Crippen LogP contribution is 2.38. The molecular formula is C18H28N2O. The van der Waals surface area contributed by atoms with Crippen LogP contribution in [-0.4, -0.2) is 13.2 Å². The van der Waals surface area contributed by atoms with Crippen LogP contribution >= 0.6 is 0 Å². The average molecular weight is 288 g/mol. The van der Waals surface area contributed by atoms with Gasteiger partial charge in [-0.25, -0.2) is 0 Å². The summed E-state index contributed by atoms with van der Waals surface area (Å²) in [4.78, 5) is 0. The van der Waals surface area contributed by atoms with E-state index in [9.17, 15) is 0 Å². The van der Waals surface area contributed by atoms with Gasteiger partial charge in [-0.2, -0.15) is 0 Å². The van der Waals surface area contributed by atoms with Crippen LogP contribution in [0.5, 0.6) is 0 Å². The predicted molar refractivity (Wildman–Crippen MR) is 88.0 cm³/mol. The summed E-state index contributed by atoms with van der Waals surface area (Å²) in [5.41, 5.74) is 4.10. The fourth-order valence-electron chi connectivity index (χ4n) is 2.79. The van der Waals surface area contributed by atoms with E-state index in [1.54, 1.807) is 7.11 Å². The normalized spacial score (nSPS) is 14.9. The molecular weight excluding hydrogens is 260 g/mol. The summed E-state index contributed by atoms with van der Waals surface area (Å²) in [7, 11) is 1.74. The summed E-state index contributed by atoms with van der Waals surface area (Å²) in [6.45, 7) is 9.76. The third-order valence-corrected chi connectivity index (χ3v) is 4.02. The Balaban J connectivity index is 2.06. The molecule has 3 heteroatoms. The first-order valence-electron chi connectivity index (χ1n) is 7.90. The largest absolute Gasteiger partial charge is 0.380 e. The Hall–Kier alpha value is -1.48. The highest BCUT2D eigenvalue weighted by atomic mass is 16.5. The third-order valence-electron chi connectivity index (χ3n) is 4.02. The number of methoxy groups -OCH3 is 1. The lowest BCUT2D eigenvalue weighted by Gasteiger charge is -2.29. The molecule has 116 valence electrons. The molecule has 0 unspecified atom stereocenters. The topological polar surface area (TPSA) is 33.3 Å². The van der Waals surface area contributed by atoms with Gasteiger partial charge >= 0.3 is 0 Å². The van der Waals surface area contributed by atoms with Gasteiger partial charge in [0.25, 0.3) is 0 Å². The van der Waals surface area contributed by atoms with Crippen LogP contribution in [0.1, 0.15) is 55.7 Å². The molecule has 0 heterocycles. The zero-order chi connectivity index (χ0) is 15.2. The predicted octanol–water partition coefficient (Wildman–Crippen LogP) is 3.66. The second-order valence-electron chi connectivity index (χ2n) is 6.23. The number of rotatable bonds is 8. The molecule has 2 N–H and O–H groups in total. The van der Waals surface area contributed by atoms with Crippen LogP contribution in [0.15, 0.2) is 30.6 Å². The molecule has 0 bridgehead atoms. The van der Waals surface area contributed by atoms with Gasteiger partial charge in [0, 0.05) is 19.7 Å². The van der Waals surface area contributed by atoms with Gasteiger partial charge in [-0.15, -0.1) is 0 Å². The van der Waals surface area contributed by atoms with Crippen molar-refractivity contribution in [1.29, 1.82) is 0 Å². The molecule has 3 nitrogen and oxygen atoms in total. The lowest BCUT2D eigenvalue weighted by Crippen LogP contribution is -2.30. The second-order valence-corrected chi connectivity index (χ2v) is 6.23. The summed E-state index contributed by atoms with van der Waals surface area (Å²) in [5, 5.41) is 6.70. The van der Waals surface area contributed by atoms with E-state index in [0.29, 0.717) is 12.6 Å². The molecule has 0 spiro atoms. The van der Waals surface area contributed by atoms with Gasteiger partial charge in [-0.05, 0) is 49.3 Å². The summed E-state index contributed by atoms with van der Waals surface area (Å²) in [6.07, 6.45) is 4.00. The van der Waals surface area contributed by atoms with E-state index in [2.05, 4.69) is 49.3 Å². The lowest BCUT2D eigenvalue weighted by atomic mass is 9.78. The van der Waals surface area contributed by atoms with Gasteiger partial charge in [0.05, 0.1) is 12.4 Å². The van der Waals surface area contributed by atoms with E-state index >= 15 is 0 Å². The van der Waals surface area contributed by atoms with Crippen molar-refractivity contribution in [2.24, 2.45) is 0 Å². The van der Waals surface area contributed by atoms with Crippen LogP contribution in [0.4, 0.5) is 0 Å². The zero-order valence-electron chi connectivity index (χ0n) is 13.5. The Bertz CT molecular complexity index is 478. The minimum Gasteiger partial charge on any atom is -0.380 e. The smallest absolute Gasteiger partial charge is 0.0917 e. The van der Waals surface area contributed by atoms with E-state index in [1.165, 1.54) is 36.0 Å². The van der Waals surface area contributed by atoms with E-state index < -0.39 is 0 Å². The molecule has 1 aromatic carbocycles. The lowest BCUT2D eigenvalue weighted by molar-refractivity contribution is 0.185. The number of hydrogen-bond donors (Lipinski definition) is 2. The van der Waals surface area contributed by atoms with Crippen LogP contribution in [0.3, 0.4) is 0 Å². The molecule has 0 saturated heterocycles. The Morgan fingerprint density at radius 3 is 2.71 bits per heavy atom. The second kappa shape index (κ2) is 7.51. The first-order valence-corrected chi connectivity index (χ1v) is 7.90. The molecule has 1 saturated carbocycles. The quantitative estimate of drug-likeness (QED) is 0.766. The molecule has 1 aromatic rings. The van der Waals surface area contributed by atoms with Gasteiger partial charge in [-0.1, -0.05) is 31.2 Å². The van der Waals surface area contributed by atoms with Crippen LogP contribution in [0.2, 0.25) is 0 Å². The van der Waals surface area contributed by atoms with Crippen molar-refractivity contribution in [3.63, 3.8) is 0 Å². The van der Waals surface area contributed by atoms with E-state index in [0.717, 1.165) is 18.3 Å². The van der Waals surface area contributed by atoms with Gasteiger partial charge in [0.2, 0.25) is 0 Å². The maximum atomic E-state index is 5.25. The Labute approximate surface area is 128 Å². The third kappa shape index (κ3) is 4.50. The van der Waals surface area contributed by atoms with Gasteiger partial charge in [-0.3, -0.25) is 0 Å². The molecule has 1 aliphatic carbocycles. The van der Waals surface area contributed by atoms with Crippen LogP contribution in [-0.2, 0) is 17.9 Å². The summed E-state index contributed by atoms with van der Waals surface area (Å²) in [6, 6.07) is 7.15. The van der Waals surface area contributed by atoms with Crippen molar-refractivity contribution in [2.45, 2.75) is 58.2 Å². The zero-order valence-corrected chi connectivity index (χ0v) is 13.5. The molecule has 2 rings (SSSR count). The average Bonchev–Trinajstić information content (AvgIpc) is 2.36. The molecule has 0 amide bonds. The van der Waals surface area contributed by atoms with Crippen molar-refractivity contribution >= 4 is 0 Å². The van der Waals surface area contributed by atoms with Crippen LogP contribution in [0, 0.1) is 0 Å². The monoisotopic (exact) mass is 288 g/mol. The molecule has 0 radical (unpaired) electrons. The molecule has 0 aliphatic heterocycles. The van der Waals surface area contributed by atoms with Crippen molar-refractivity contribution in [3.8, 4) is 0 Å². The Morgan fingerprint density at radius 2 is 2.14 bits per heavy atom. The van der Waals surface area contributed by atoms with Crippen molar-refractivity contribution in [2.75, 3.05) is 7.11 Å². The maximum Gasteiger partial charge on any atom is 0.0917 e. The molecule has 0 aromatic heterocycles. The maximum absolute atomic E-state index is 5.25. The molecule has 1 aliphatic rings. The van der Waals surface area contributed by atoms with Crippen molar-refractivity contribution in [3.05, 3.63) is 47.3 Å². The molecule has 0 atom stereocenters. The summed E-state index contributed by atoms with van der Waals surface area (Å²) >= 11 is 0. The number of benzene rings is 1. The van der Waals surface area contributed by atoms with Gasteiger partial charge < -0.3 is 15.4 Å². The van der Waals surface area contributed by atoms with E-state index in [4.69, 9.17) is 4.74 Å². The number of hydrogen-bond acceptors (Lipinski definition) is 3. The fraction of sp³-hybridized carbons (Fsp3) is 0.556. The molecule has 21 heavy (non-hydrogen) atoms.